The van der Waals surface area contributed by atoms with Crippen molar-refractivity contribution in [1.82, 2.24) is 10.2 Å². The Kier molecular flexibility index (Phi) is 5.99. The summed E-state index contributed by atoms with van der Waals surface area (Å²) in [5, 5.41) is 12.0. The Hall–Kier alpha value is -1.10. The molecule has 1 rings (SSSR count). The normalized spacial score (nSPS) is 20.2. The highest BCUT2D eigenvalue weighted by Gasteiger charge is 2.38. The molecule has 1 amide bonds. The van der Waals surface area contributed by atoms with Crippen molar-refractivity contribution in [3.63, 3.8) is 0 Å². The Labute approximate surface area is 121 Å². The van der Waals surface area contributed by atoms with Crippen LogP contribution in [-0.2, 0) is 9.59 Å². The van der Waals surface area contributed by atoms with E-state index in [-0.39, 0.29) is 11.8 Å². The second kappa shape index (κ2) is 7.07. The number of nitrogens with one attached hydrogen (secondary N) is 1. The molecule has 1 heterocycles. The molecule has 2 unspecified atom stereocenters. The molecule has 116 valence electrons. The third kappa shape index (κ3) is 3.95. The number of likely N-dealkylation sites (tertiary alicyclic amines) is 1. The molecule has 0 radical (unpaired) electrons. The van der Waals surface area contributed by atoms with Gasteiger partial charge in [-0.2, -0.15) is 0 Å². The fourth-order valence-corrected chi connectivity index (χ4v) is 2.60. The average Bonchev–Trinajstić information content (AvgIpc) is 2.44. The number of carboxylic acids is 1. The number of rotatable bonds is 6. The van der Waals surface area contributed by atoms with Gasteiger partial charge in [0.2, 0.25) is 5.91 Å². The Morgan fingerprint density at radius 1 is 1.25 bits per heavy atom. The molecule has 0 aliphatic carbocycles. The van der Waals surface area contributed by atoms with Crippen molar-refractivity contribution < 1.29 is 14.7 Å². The SMILES string of the molecule is CCC(C)C(NC(=O)C(C)(C)N1CCCCC1)C(=O)O. The molecule has 0 aromatic carbocycles. The maximum absolute atomic E-state index is 12.5. The molecule has 2 N–H and O–H groups in total. The third-order valence-electron chi connectivity index (χ3n) is 4.47. The minimum Gasteiger partial charge on any atom is -0.480 e. The summed E-state index contributed by atoms with van der Waals surface area (Å²) in [6.45, 7) is 9.35. The van der Waals surface area contributed by atoms with Crippen molar-refractivity contribution in [3.8, 4) is 0 Å². The van der Waals surface area contributed by atoms with Gasteiger partial charge in [-0.05, 0) is 45.7 Å². The molecule has 5 nitrogen and oxygen atoms in total. The van der Waals surface area contributed by atoms with E-state index in [1.807, 2.05) is 27.7 Å². The van der Waals surface area contributed by atoms with Gasteiger partial charge >= 0.3 is 5.97 Å². The van der Waals surface area contributed by atoms with Gasteiger partial charge in [-0.25, -0.2) is 4.79 Å². The van der Waals surface area contributed by atoms with E-state index in [1.165, 1.54) is 6.42 Å². The van der Waals surface area contributed by atoms with Crippen LogP contribution >= 0.6 is 0 Å². The second-order valence-corrected chi connectivity index (χ2v) is 6.28. The molecule has 0 bridgehead atoms. The zero-order chi connectivity index (χ0) is 15.3. The van der Waals surface area contributed by atoms with Crippen LogP contribution in [-0.4, -0.2) is 46.6 Å². The zero-order valence-corrected chi connectivity index (χ0v) is 13.1. The Morgan fingerprint density at radius 2 is 1.80 bits per heavy atom. The number of carboxylic acid groups (broad SMARTS) is 1. The molecule has 0 aromatic rings. The van der Waals surface area contributed by atoms with E-state index in [9.17, 15) is 14.7 Å². The van der Waals surface area contributed by atoms with Crippen molar-refractivity contribution in [1.29, 1.82) is 0 Å². The molecular weight excluding hydrogens is 256 g/mol. The summed E-state index contributed by atoms with van der Waals surface area (Å²) >= 11 is 0. The quantitative estimate of drug-likeness (QED) is 0.781. The minimum absolute atomic E-state index is 0.0754. The molecule has 5 heteroatoms. The Bertz CT molecular complexity index is 349. The first-order valence-electron chi connectivity index (χ1n) is 7.59. The number of carbonyl (C=O) groups excluding carboxylic acids is 1. The van der Waals surface area contributed by atoms with E-state index < -0.39 is 17.6 Å². The van der Waals surface area contributed by atoms with Crippen LogP contribution in [0.15, 0.2) is 0 Å². The first kappa shape index (κ1) is 17.0. The van der Waals surface area contributed by atoms with Crippen LogP contribution in [0.2, 0.25) is 0 Å². The number of amides is 1. The Balaban J connectivity index is 2.73. The van der Waals surface area contributed by atoms with Gasteiger partial charge in [-0.3, -0.25) is 9.69 Å². The standard InChI is InChI=1S/C15H28N2O3/c1-5-11(2)12(13(18)19)16-14(20)15(3,4)17-9-7-6-8-10-17/h11-12H,5-10H2,1-4H3,(H,16,20)(H,18,19). The third-order valence-corrected chi connectivity index (χ3v) is 4.47. The van der Waals surface area contributed by atoms with Gasteiger partial charge in [0.15, 0.2) is 0 Å². The number of hydrogen-bond acceptors (Lipinski definition) is 3. The van der Waals surface area contributed by atoms with Crippen molar-refractivity contribution in [3.05, 3.63) is 0 Å². The summed E-state index contributed by atoms with van der Waals surface area (Å²) in [5.74, 6) is -1.22. The van der Waals surface area contributed by atoms with Crippen LogP contribution in [0.25, 0.3) is 0 Å². The van der Waals surface area contributed by atoms with E-state index in [0.29, 0.717) is 0 Å². The van der Waals surface area contributed by atoms with Gasteiger partial charge in [0.25, 0.3) is 0 Å². The highest BCUT2D eigenvalue weighted by molar-refractivity contribution is 5.89. The second-order valence-electron chi connectivity index (χ2n) is 6.28. The highest BCUT2D eigenvalue weighted by Crippen LogP contribution is 2.21. The van der Waals surface area contributed by atoms with Crippen molar-refractivity contribution in [2.75, 3.05) is 13.1 Å². The minimum atomic E-state index is -0.956. The van der Waals surface area contributed by atoms with E-state index in [4.69, 9.17) is 0 Å². The molecule has 0 spiro atoms. The fraction of sp³-hybridized carbons (Fsp3) is 0.867. The van der Waals surface area contributed by atoms with Crippen LogP contribution in [0.1, 0.15) is 53.4 Å². The maximum Gasteiger partial charge on any atom is 0.326 e. The monoisotopic (exact) mass is 284 g/mol. The molecular formula is C15H28N2O3. The van der Waals surface area contributed by atoms with E-state index >= 15 is 0 Å². The average molecular weight is 284 g/mol. The first-order valence-corrected chi connectivity index (χ1v) is 7.59. The van der Waals surface area contributed by atoms with E-state index in [2.05, 4.69) is 10.2 Å². The van der Waals surface area contributed by atoms with Crippen molar-refractivity contribution in [2.45, 2.75) is 65.0 Å². The van der Waals surface area contributed by atoms with Crippen LogP contribution in [0.4, 0.5) is 0 Å². The zero-order valence-electron chi connectivity index (χ0n) is 13.1. The lowest BCUT2D eigenvalue weighted by Gasteiger charge is -2.40. The van der Waals surface area contributed by atoms with Crippen LogP contribution in [0.5, 0.6) is 0 Å². The number of carbonyl (C=O) groups is 2. The number of piperidine rings is 1. The number of aliphatic carboxylic acids is 1. The number of nitrogens with zero attached hydrogens (tertiary/aromatic N) is 1. The van der Waals surface area contributed by atoms with Crippen LogP contribution < -0.4 is 5.32 Å². The van der Waals surface area contributed by atoms with Gasteiger partial charge in [-0.1, -0.05) is 26.7 Å². The summed E-state index contributed by atoms with van der Waals surface area (Å²) in [5.41, 5.74) is -0.651. The van der Waals surface area contributed by atoms with Crippen molar-refractivity contribution >= 4 is 11.9 Å². The molecule has 1 fully saturated rings. The van der Waals surface area contributed by atoms with Gasteiger partial charge in [-0.15, -0.1) is 0 Å². The van der Waals surface area contributed by atoms with Crippen LogP contribution in [0.3, 0.4) is 0 Å². The largest absolute Gasteiger partial charge is 0.480 e. The lowest BCUT2D eigenvalue weighted by molar-refractivity contribution is -0.145. The predicted octanol–water partition coefficient (Wildman–Crippen LogP) is 1.87. The van der Waals surface area contributed by atoms with Gasteiger partial charge in [0.1, 0.15) is 6.04 Å². The summed E-state index contributed by atoms with van der Waals surface area (Å²) in [4.78, 5) is 25.9. The van der Waals surface area contributed by atoms with Crippen molar-refractivity contribution in [2.24, 2.45) is 5.92 Å². The summed E-state index contributed by atoms with van der Waals surface area (Å²) in [6.07, 6.45) is 4.13. The first-order chi connectivity index (χ1) is 9.30. The molecule has 1 saturated heterocycles. The molecule has 0 saturated carbocycles. The lowest BCUT2D eigenvalue weighted by Crippen LogP contribution is -2.59. The van der Waals surface area contributed by atoms with Crippen LogP contribution in [0, 0.1) is 5.92 Å². The Morgan fingerprint density at radius 3 is 2.25 bits per heavy atom. The summed E-state index contributed by atoms with van der Waals surface area (Å²) in [7, 11) is 0. The molecule has 20 heavy (non-hydrogen) atoms. The van der Waals surface area contributed by atoms with E-state index in [1.54, 1.807) is 0 Å². The highest BCUT2D eigenvalue weighted by atomic mass is 16.4. The van der Waals surface area contributed by atoms with E-state index in [0.717, 1.165) is 32.4 Å². The molecule has 1 aliphatic rings. The smallest absolute Gasteiger partial charge is 0.326 e. The van der Waals surface area contributed by atoms with Gasteiger partial charge in [0, 0.05) is 0 Å². The summed E-state index contributed by atoms with van der Waals surface area (Å²) in [6, 6.07) is -0.809. The van der Waals surface area contributed by atoms with Gasteiger partial charge < -0.3 is 10.4 Å². The predicted molar refractivity (Wildman–Crippen MR) is 78.5 cm³/mol. The topological polar surface area (TPSA) is 69.6 Å². The maximum atomic E-state index is 12.5. The summed E-state index contributed by atoms with van der Waals surface area (Å²) < 4.78 is 0. The van der Waals surface area contributed by atoms with Gasteiger partial charge in [0.05, 0.1) is 5.54 Å². The fourth-order valence-electron chi connectivity index (χ4n) is 2.60. The molecule has 0 aromatic heterocycles. The molecule has 2 atom stereocenters. The number of hydrogen-bond donors (Lipinski definition) is 2. The lowest BCUT2D eigenvalue weighted by atomic mass is 9.94. The molecule has 1 aliphatic heterocycles.